The zero-order valence-electron chi connectivity index (χ0n) is 18.1. The van der Waals surface area contributed by atoms with E-state index in [9.17, 15) is 5.11 Å². The molecule has 0 radical (unpaired) electrons. The summed E-state index contributed by atoms with van der Waals surface area (Å²) in [6, 6.07) is 17.9. The van der Waals surface area contributed by atoms with Gasteiger partial charge >= 0.3 is 0 Å². The van der Waals surface area contributed by atoms with Crippen LogP contribution >= 0.6 is 0 Å². The molecule has 2 heterocycles. The van der Waals surface area contributed by atoms with Crippen LogP contribution in [0.5, 0.6) is 11.5 Å². The minimum atomic E-state index is -0.817. The third-order valence-corrected chi connectivity index (χ3v) is 5.57. The number of β-amino-alcohol motifs (C(OH)–C–C–N with tert-alkyl or cyclic N) is 1. The monoisotopic (exact) mass is 421 g/mol. The Hall–Kier alpha value is -2.83. The van der Waals surface area contributed by atoms with E-state index in [2.05, 4.69) is 22.1 Å². The highest BCUT2D eigenvalue weighted by molar-refractivity contribution is 5.27. The molecule has 1 saturated heterocycles. The van der Waals surface area contributed by atoms with E-state index in [1.54, 1.807) is 0 Å². The van der Waals surface area contributed by atoms with Crippen LogP contribution in [0.2, 0.25) is 0 Å². The van der Waals surface area contributed by atoms with Gasteiger partial charge in [-0.3, -0.25) is 9.58 Å². The standard InChI is InChI=1S/C25H31N3O3/c1-21-16-26-28(17-21)14-15-30-24-10-8-22(9-11-24)18-27-13-5-12-25(29,19-27)20-31-23-6-3-2-4-7-23/h2-4,6-11,16-17,29H,5,12-15,18-20H2,1H3/t25-/m1/s1. The zero-order chi connectivity index (χ0) is 21.5. The minimum Gasteiger partial charge on any atom is -0.492 e. The molecule has 6 nitrogen and oxygen atoms in total. The van der Waals surface area contributed by atoms with Gasteiger partial charge in [0.2, 0.25) is 0 Å². The van der Waals surface area contributed by atoms with Gasteiger partial charge in [0.25, 0.3) is 0 Å². The first kappa shape index (κ1) is 21.4. The molecule has 2 aromatic carbocycles. The van der Waals surface area contributed by atoms with Crippen molar-refractivity contribution in [1.82, 2.24) is 14.7 Å². The molecule has 0 bridgehead atoms. The van der Waals surface area contributed by atoms with Crippen molar-refractivity contribution in [3.63, 3.8) is 0 Å². The highest BCUT2D eigenvalue weighted by Crippen LogP contribution is 2.24. The van der Waals surface area contributed by atoms with Crippen LogP contribution in [0, 0.1) is 6.92 Å². The molecule has 3 aromatic rings. The highest BCUT2D eigenvalue weighted by Gasteiger charge is 2.34. The Balaban J connectivity index is 1.24. The van der Waals surface area contributed by atoms with E-state index in [1.807, 2.05) is 66.5 Å². The summed E-state index contributed by atoms with van der Waals surface area (Å²) >= 11 is 0. The van der Waals surface area contributed by atoms with E-state index >= 15 is 0 Å². The number of aryl methyl sites for hydroxylation is 1. The van der Waals surface area contributed by atoms with Gasteiger partial charge in [-0.2, -0.15) is 5.10 Å². The summed E-state index contributed by atoms with van der Waals surface area (Å²) in [5, 5.41) is 15.3. The van der Waals surface area contributed by atoms with Crippen LogP contribution in [0.15, 0.2) is 67.0 Å². The molecule has 1 fully saturated rings. The van der Waals surface area contributed by atoms with Crippen LogP contribution in [0.1, 0.15) is 24.0 Å². The smallest absolute Gasteiger partial charge is 0.119 e. The summed E-state index contributed by atoms with van der Waals surface area (Å²) in [6.07, 6.45) is 5.59. The molecule has 6 heteroatoms. The van der Waals surface area contributed by atoms with Crippen molar-refractivity contribution in [1.29, 1.82) is 0 Å². The van der Waals surface area contributed by atoms with Gasteiger partial charge in [0.1, 0.15) is 30.3 Å². The predicted molar refractivity (Wildman–Crippen MR) is 120 cm³/mol. The Morgan fingerprint density at radius 3 is 2.55 bits per heavy atom. The summed E-state index contributed by atoms with van der Waals surface area (Å²) in [7, 11) is 0. The molecule has 1 aromatic heterocycles. The number of likely N-dealkylation sites (tertiary alicyclic amines) is 1. The van der Waals surface area contributed by atoms with E-state index in [1.165, 1.54) is 5.56 Å². The topological polar surface area (TPSA) is 59.8 Å². The van der Waals surface area contributed by atoms with Crippen LogP contribution in [0.25, 0.3) is 0 Å². The van der Waals surface area contributed by atoms with Crippen molar-refractivity contribution < 1.29 is 14.6 Å². The Labute approximate surface area is 184 Å². The average molecular weight is 422 g/mol. The number of ether oxygens (including phenoxy) is 2. The number of para-hydroxylation sites is 1. The van der Waals surface area contributed by atoms with Gasteiger partial charge in [-0.25, -0.2) is 0 Å². The molecule has 0 unspecified atom stereocenters. The molecular formula is C25H31N3O3. The molecule has 4 rings (SSSR count). The SMILES string of the molecule is Cc1cnn(CCOc2ccc(CN3CCC[C@](O)(COc4ccccc4)C3)cc2)c1. The molecule has 1 N–H and O–H groups in total. The molecule has 0 saturated carbocycles. The predicted octanol–water partition coefficient (Wildman–Crippen LogP) is 3.68. The zero-order valence-corrected chi connectivity index (χ0v) is 18.1. The lowest BCUT2D eigenvalue weighted by atomic mass is 9.93. The molecule has 0 aliphatic carbocycles. The van der Waals surface area contributed by atoms with E-state index in [4.69, 9.17) is 9.47 Å². The van der Waals surface area contributed by atoms with Crippen LogP contribution in [-0.4, -0.2) is 51.7 Å². The average Bonchev–Trinajstić information content (AvgIpc) is 3.19. The van der Waals surface area contributed by atoms with Crippen LogP contribution in [0.3, 0.4) is 0 Å². The van der Waals surface area contributed by atoms with Crippen LogP contribution < -0.4 is 9.47 Å². The van der Waals surface area contributed by atoms with Gasteiger partial charge in [0.15, 0.2) is 0 Å². The Kier molecular flexibility index (Phi) is 6.89. The molecule has 0 spiro atoms. The molecule has 1 atom stereocenters. The van der Waals surface area contributed by atoms with Gasteiger partial charge in [-0.15, -0.1) is 0 Å². The number of hydrogen-bond acceptors (Lipinski definition) is 5. The third-order valence-electron chi connectivity index (χ3n) is 5.57. The lowest BCUT2D eigenvalue weighted by molar-refractivity contribution is -0.0621. The maximum absolute atomic E-state index is 11.0. The summed E-state index contributed by atoms with van der Waals surface area (Å²) in [4.78, 5) is 2.30. The van der Waals surface area contributed by atoms with Crippen molar-refractivity contribution in [3.8, 4) is 11.5 Å². The highest BCUT2D eigenvalue weighted by atomic mass is 16.5. The second kappa shape index (κ2) is 9.98. The summed E-state index contributed by atoms with van der Waals surface area (Å²) in [6.45, 7) is 6.06. The van der Waals surface area contributed by atoms with Gasteiger partial charge < -0.3 is 14.6 Å². The first-order valence-corrected chi connectivity index (χ1v) is 10.9. The van der Waals surface area contributed by atoms with Gasteiger partial charge in [0.05, 0.1) is 12.7 Å². The molecule has 164 valence electrons. The lowest BCUT2D eigenvalue weighted by Gasteiger charge is -2.39. The molecule has 31 heavy (non-hydrogen) atoms. The van der Waals surface area contributed by atoms with Crippen LogP contribution in [-0.2, 0) is 13.1 Å². The number of piperidine rings is 1. The van der Waals surface area contributed by atoms with Gasteiger partial charge in [-0.05, 0) is 61.7 Å². The number of aliphatic hydroxyl groups is 1. The fraction of sp³-hybridized carbons (Fsp3) is 0.400. The lowest BCUT2D eigenvalue weighted by Crippen LogP contribution is -2.51. The summed E-state index contributed by atoms with van der Waals surface area (Å²) in [5.74, 6) is 1.66. The van der Waals surface area contributed by atoms with Crippen molar-refractivity contribution >= 4 is 0 Å². The van der Waals surface area contributed by atoms with Gasteiger partial charge in [-0.1, -0.05) is 30.3 Å². The normalized spacial score (nSPS) is 19.3. The first-order valence-electron chi connectivity index (χ1n) is 10.9. The number of hydrogen-bond donors (Lipinski definition) is 1. The fourth-order valence-electron chi connectivity index (χ4n) is 3.99. The molecular weight excluding hydrogens is 390 g/mol. The quantitative estimate of drug-likeness (QED) is 0.571. The number of nitrogens with zero attached hydrogens (tertiary/aromatic N) is 3. The number of benzene rings is 2. The van der Waals surface area contributed by atoms with E-state index < -0.39 is 5.60 Å². The Bertz CT molecular complexity index is 942. The molecule has 1 aliphatic heterocycles. The maximum atomic E-state index is 11.0. The maximum Gasteiger partial charge on any atom is 0.119 e. The second-order valence-electron chi connectivity index (χ2n) is 8.41. The Morgan fingerprint density at radius 1 is 1.03 bits per heavy atom. The second-order valence-corrected chi connectivity index (χ2v) is 8.41. The molecule has 1 aliphatic rings. The number of aromatic nitrogens is 2. The first-order chi connectivity index (χ1) is 15.1. The van der Waals surface area contributed by atoms with Gasteiger partial charge in [0, 0.05) is 19.3 Å². The van der Waals surface area contributed by atoms with E-state index in [0.717, 1.165) is 49.5 Å². The van der Waals surface area contributed by atoms with E-state index in [-0.39, 0.29) is 0 Å². The van der Waals surface area contributed by atoms with Crippen LogP contribution in [0.4, 0.5) is 0 Å². The Morgan fingerprint density at radius 2 is 1.81 bits per heavy atom. The summed E-state index contributed by atoms with van der Waals surface area (Å²) < 4.78 is 13.6. The largest absolute Gasteiger partial charge is 0.492 e. The fourth-order valence-corrected chi connectivity index (χ4v) is 3.99. The van der Waals surface area contributed by atoms with Crippen molar-refractivity contribution in [2.24, 2.45) is 0 Å². The van der Waals surface area contributed by atoms with Crippen molar-refractivity contribution in [2.45, 2.75) is 38.5 Å². The minimum absolute atomic E-state index is 0.316. The van der Waals surface area contributed by atoms with E-state index in [0.29, 0.717) is 19.8 Å². The molecule has 0 amide bonds. The van der Waals surface area contributed by atoms with Crippen molar-refractivity contribution in [2.75, 3.05) is 26.3 Å². The third kappa shape index (κ3) is 6.32. The van der Waals surface area contributed by atoms with Crippen molar-refractivity contribution in [3.05, 3.63) is 78.1 Å². The number of rotatable bonds is 9. The summed E-state index contributed by atoms with van der Waals surface area (Å²) in [5.41, 5.74) is 1.55.